The Kier molecular flexibility index (Phi) is 9.04. The van der Waals surface area contributed by atoms with Crippen molar-refractivity contribution < 1.29 is 9.53 Å². The highest BCUT2D eigenvalue weighted by Crippen LogP contribution is 2.30. The number of halogens is 2. The van der Waals surface area contributed by atoms with Gasteiger partial charge in [-0.1, -0.05) is 59.6 Å². The molecular formula is C27H28Cl2N4O2S. The molecule has 4 rings (SSSR count). The molecule has 1 fully saturated rings. The molecular weight excluding hydrogens is 515 g/mol. The molecule has 3 aromatic carbocycles. The van der Waals surface area contributed by atoms with Gasteiger partial charge in [0.2, 0.25) is 0 Å². The molecule has 2 N–H and O–H groups in total. The molecule has 36 heavy (non-hydrogen) atoms. The molecule has 0 bridgehead atoms. The predicted octanol–water partition coefficient (Wildman–Crippen LogP) is 5.52. The normalized spacial score (nSPS) is 13.8. The van der Waals surface area contributed by atoms with E-state index in [1.165, 1.54) is 0 Å². The third kappa shape index (κ3) is 7.11. The Morgan fingerprint density at radius 2 is 1.69 bits per heavy atom. The Bertz CT molecular complexity index is 1230. The summed E-state index contributed by atoms with van der Waals surface area (Å²) < 4.78 is 5.56. The van der Waals surface area contributed by atoms with E-state index in [0.29, 0.717) is 16.5 Å². The highest BCUT2D eigenvalue weighted by molar-refractivity contribution is 7.80. The molecule has 1 amide bonds. The van der Waals surface area contributed by atoms with Crippen molar-refractivity contribution in [1.29, 1.82) is 0 Å². The Morgan fingerprint density at radius 3 is 2.42 bits per heavy atom. The van der Waals surface area contributed by atoms with Gasteiger partial charge in [0.05, 0.1) is 10.7 Å². The second kappa shape index (κ2) is 12.4. The van der Waals surface area contributed by atoms with E-state index < -0.39 is 0 Å². The van der Waals surface area contributed by atoms with Gasteiger partial charge in [0.15, 0.2) is 11.7 Å². The summed E-state index contributed by atoms with van der Waals surface area (Å²) >= 11 is 18.2. The molecule has 1 heterocycles. The Balaban J connectivity index is 1.25. The van der Waals surface area contributed by atoms with Gasteiger partial charge in [-0.15, -0.1) is 0 Å². The van der Waals surface area contributed by atoms with Crippen LogP contribution in [0, 0.1) is 6.92 Å². The lowest BCUT2D eigenvalue weighted by Crippen LogP contribution is -2.46. The van der Waals surface area contributed by atoms with Crippen LogP contribution in [0.15, 0.2) is 66.7 Å². The molecule has 188 valence electrons. The van der Waals surface area contributed by atoms with Crippen molar-refractivity contribution in [2.45, 2.75) is 13.5 Å². The summed E-state index contributed by atoms with van der Waals surface area (Å²) in [5.74, 6) is 0.326. The summed E-state index contributed by atoms with van der Waals surface area (Å²) in [7, 11) is 0. The van der Waals surface area contributed by atoms with Crippen molar-refractivity contribution in [3.05, 3.63) is 87.9 Å². The third-order valence-electron chi connectivity index (χ3n) is 5.98. The Hall–Kier alpha value is -2.84. The molecule has 9 heteroatoms. The van der Waals surface area contributed by atoms with Crippen LogP contribution < -0.4 is 20.3 Å². The number of nitrogens with zero attached hydrogens (tertiary/aromatic N) is 2. The fourth-order valence-electron chi connectivity index (χ4n) is 4.04. The van der Waals surface area contributed by atoms with Crippen molar-refractivity contribution in [2.75, 3.05) is 43.0 Å². The van der Waals surface area contributed by atoms with Crippen molar-refractivity contribution in [2.24, 2.45) is 0 Å². The average molecular weight is 544 g/mol. The zero-order valence-electron chi connectivity index (χ0n) is 20.0. The van der Waals surface area contributed by atoms with Gasteiger partial charge in [-0.2, -0.15) is 0 Å². The first-order valence-electron chi connectivity index (χ1n) is 11.7. The second-order valence-corrected chi connectivity index (χ2v) is 9.80. The number of hydrogen-bond acceptors (Lipinski definition) is 5. The van der Waals surface area contributed by atoms with Crippen molar-refractivity contribution in [3.63, 3.8) is 0 Å². The average Bonchev–Trinajstić information content (AvgIpc) is 2.86. The molecule has 0 saturated carbocycles. The maximum Gasteiger partial charge on any atom is 0.264 e. The zero-order chi connectivity index (χ0) is 25.5. The summed E-state index contributed by atoms with van der Waals surface area (Å²) in [6.45, 7) is 6.20. The van der Waals surface area contributed by atoms with E-state index >= 15 is 0 Å². The summed E-state index contributed by atoms with van der Waals surface area (Å²) in [5.41, 5.74) is 3.78. The van der Waals surface area contributed by atoms with Crippen LogP contribution in [-0.4, -0.2) is 48.7 Å². The summed E-state index contributed by atoms with van der Waals surface area (Å²) in [4.78, 5) is 16.9. The van der Waals surface area contributed by atoms with Gasteiger partial charge in [0, 0.05) is 43.4 Å². The number of piperazine rings is 1. The number of benzene rings is 3. The van der Waals surface area contributed by atoms with E-state index in [9.17, 15) is 4.79 Å². The fraction of sp³-hybridized carbons (Fsp3) is 0.259. The van der Waals surface area contributed by atoms with E-state index in [0.717, 1.165) is 54.6 Å². The maximum atomic E-state index is 12.2. The molecule has 0 radical (unpaired) electrons. The maximum absolute atomic E-state index is 12.2. The number of amides is 1. The van der Waals surface area contributed by atoms with E-state index in [1.807, 2.05) is 67.6 Å². The number of thiocarbonyl (C=S) groups is 1. The Morgan fingerprint density at radius 1 is 0.972 bits per heavy atom. The van der Waals surface area contributed by atoms with Gasteiger partial charge in [-0.3, -0.25) is 15.0 Å². The minimum Gasteiger partial charge on any atom is -0.483 e. The first-order chi connectivity index (χ1) is 17.4. The smallest absolute Gasteiger partial charge is 0.264 e. The molecule has 1 saturated heterocycles. The summed E-state index contributed by atoms with van der Waals surface area (Å²) in [5, 5.41) is 7.26. The van der Waals surface area contributed by atoms with Crippen molar-refractivity contribution >= 4 is 57.8 Å². The zero-order valence-corrected chi connectivity index (χ0v) is 22.3. The van der Waals surface area contributed by atoms with Crippen molar-refractivity contribution in [3.8, 4) is 5.75 Å². The number of carbonyl (C=O) groups excluding carboxylic acids is 1. The number of nitrogens with one attached hydrogen (secondary N) is 2. The van der Waals surface area contributed by atoms with Crippen LogP contribution in [0.1, 0.15) is 11.1 Å². The van der Waals surface area contributed by atoms with E-state index in [4.69, 9.17) is 40.2 Å². The van der Waals surface area contributed by atoms with Gasteiger partial charge >= 0.3 is 0 Å². The highest BCUT2D eigenvalue weighted by Gasteiger charge is 2.20. The number of carbonyl (C=O) groups is 1. The SMILES string of the molecule is Cc1ccccc1OCC(=O)NC(=S)Nc1ccc(N2CCN(Cc3ccccc3Cl)CC2)c(Cl)c1. The van der Waals surface area contributed by atoms with E-state index in [1.54, 1.807) is 0 Å². The first kappa shape index (κ1) is 26.2. The van der Waals surface area contributed by atoms with Crippen LogP contribution in [0.25, 0.3) is 0 Å². The summed E-state index contributed by atoms with van der Waals surface area (Å²) in [6, 6.07) is 21.2. The molecule has 0 aliphatic carbocycles. The lowest BCUT2D eigenvalue weighted by molar-refractivity contribution is -0.121. The Labute approximate surface area is 227 Å². The standard InChI is InChI=1S/C27H28Cl2N4O2S/c1-19-6-2-5-9-25(19)35-18-26(34)31-27(36)30-21-10-11-24(23(29)16-21)33-14-12-32(13-15-33)17-20-7-3-4-8-22(20)28/h2-11,16H,12-15,17-18H2,1H3,(H2,30,31,34,36). The minimum atomic E-state index is -0.340. The number of ether oxygens (including phenoxy) is 1. The van der Waals surface area contributed by atoms with E-state index in [2.05, 4.69) is 26.5 Å². The molecule has 0 aromatic heterocycles. The molecule has 1 aliphatic rings. The van der Waals surface area contributed by atoms with Crippen molar-refractivity contribution in [1.82, 2.24) is 10.2 Å². The lowest BCUT2D eigenvalue weighted by atomic mass is 10.2. The lowest BCUT2D eigenvalue weighted by Gasteiger charge is -2.36. The number of anilines is 2. The molecule has 3 aromatic rings. The number of para-hydroxylation sites is 1. The highest BCUT2D eigenvalue weighted by atomic mass is 35.5. The van der Waals surface area contributed by atoms with Crippen LogP contribution in [-0.2, 0) is 11.3 Å². The van der Waals surface area contributed by atoms with Gasteiger partial charge in [-0.05, 0) is 60.6 Å². The van der Waals surface area contributed by atoms with Crippen LogP contribution >= 0.6 is 35.4 Å². The van der Waals surface area contributed by atoms with Crippen LogP contribution in [0.5, 0.6) is 5.75 Å². The molecule has 1 aliphatic heterocycles. The van der Waals surface area contributed by atoms with Gasteiger partial charge < -0.3 is 15.0 Å². The predicted molar refractivity (Wildman–Crippen MR) is 151 cm³/mol. The second-order valence-electron chi connectivity index (χ2n) is 8.58. The van der Waals surface area contributed by atoms with E-state index in [-0.39, 0.29) is 17.6 Å². The first-order valence-corrected chi connectivity index (χ1v) is 12.8. The largest absolute Gasteiger partial charge is 0.483 e. The van der Waals surface area contributed by atoms with Crippen LogP contribution in [0.3, 0.4) is 0 Å². The molecule has 0 spiro atoms. The topological polar surface area (TPSA) is 56.8 Å². The van der Waals surface area contributed by atoms with Crippen LogP contribution in [0.4, 0.5) is 11.4 Å². The van der Waals surface area contributed by atoms with Crippen LogP contribution in [0.2, 0.25) is 10.0 Å². The van der Waals surface area contributed by atoms with Gasteiger partial charge in [0.25, 0.3) is 5.91 Å². The monoisotopic (exact) mass is 542 g/mol. The minimum absolute atomic E-state index is 0.130. The number of rotatable bonds is 7. The number of aryl methyl sites for hydroxylation is 1. The molecule has 0 atom stereocenters. The molecule has 0 unspecified atom stereocenters. The van der Waals surface area contributed by atoms with Gasteiger partial charge in [-0.25, -0.2) is 0 Å². The molecule has 6 nitrogen and oxygen atoms in total. The summed E-state index contributed by atoms with van der Waals surface area (Å²) in [6.07, 6.45) is 0. The number of hydrogen-bond donors (Lipinski definition) is 2. The third-order valence-corrected chi connectivity index (χ3v) is 6.85. The van der Waals surface area contributed by atoms with Gasteiger partial charge in [0.1, 0.15) is 5.75 Å². The fourth-order valence-corrected chi connectivity index (χ4v) is 4.77. The quantitative estimate of drug-likeness (QED) is 0.383.